The first kappa shape index (κ1) is 14.5. The minimum atomic E-state index is 0.0229. The van der Waals surface area contributed by atoms with Gasteiger partial charge in [0.25, 0.3) is 0 Å². The summed E-state index contributed by atoms with van der Waals surface area (Å²) >= 11 is 0. The summed E-state index contributed by atoms with van der Waals surface area (Å²) in [7, 11) is 2.19. The number of aryl methyl sites for hydroxylation is 1. The minimum absolute atomic E-state index is 0.0229. The molecule has 2 rings (SSSR count). The number of benzene rings is 1. The molecule has 1 aromatic carbocycles. The van der Waals surface area contributed by atoms with Gasteiger partial charge in [-0.25, -0.2) is 0 Å². The first-order chi connectivity index (χ1) is 8.98. The molecule has 1 fully saturated rings. The Balaban J connectivity index is 1.94. The van der Waals surface area contributed by atoms with Gasteiger partial charge in [-0.2, -0.15) is 0 Å². The summed E-state index contributed by atoms with van der Waals surface area (Å²) in [6.45, 7) is 6.53. The maximum Gasteiger partial charge on any atom is 0.0285 e. The predicted molar refractivity (Wildman–Crippen MR) is 82.1 cm³/mol. The van der Waals surface area contributed by atoms with Crippen molar-refractivity contribution in [3.63, 3.8) is 0 Å². The van der Waals surface area contributed by atoms with Gasteiger partial charge in [0.15, 0.2) is 0 Å². The van der Waals surface area contributed by atoms with Gasteiger partial charge in [0.2, 0.25) is 0 Å². The SMILES string of the molecule is Cc1ccccc1CN(C)CC1(N)CCCC(C)C1. The van der Waals surface area contributed by atoms with Crippen LogP contribution in [-0.2, 0) is 6.54 Å². The van der Waals surface area contributed by atoms with Crippen molar-refractivity contribution in [3.8, 4) is 0 Å². The number of nitrogens with zero attached hydrogens (tertiary/aromatic N) is 1. The van der Waals surface area contributed by atoms with E-state index in [1.807, 2.05) is 0 Å². The fraction of sp³-hybridized carbons (Fsp3) is 0.647. The van der Waals surface area contributed by atoms with Crippen molar-refractivity contribution in [3.05, 3.63) is 35.4 Å². The molecule has 0 radical (unpaired) electrons. The first-order valence-corrected chi connectivity index (χ1v) is 7.50. The fourth-order valence-electron chi connectivity index (χ4n) is 3.52. The topological polar surface area (TPSA) is 29.3 Å². The third-order valence-electron chi connectivity index (χ3n) is 4.41. The molecular weight excluding hydrogens is 232 g/mol. The molecule has 2 nitrogen and oxygen atoms in total. The van der Waals surface area contributed by atoms with Crippen molar-refractivity contribution in [2.24, 2.45) is 11.7 Å². The molecule has 1 aliphatic carbocycles. The van der Waals surface area contributed by atoms with Crippen LogP contribution < -0.4 is 5.73 Å². The summed E-state index contributed by atoms with van der Waals surface area (Å²) in [4.78, 5) is 2.39. The highest BCUT2D eigenvalue weighted by atomic mass is 15.1. The van der Waals surface area contributed by atoms with Crippen LogP contribution in [-0.4, -0.2) is 24.0 Å². The first-order valence-electron chi connectivity index (χ1n) is 7.50. The molecule has 1 aromatic rings. The normalized spacial score (nSPS) is 27.7. The van der Waals surface area contributed by atoms with Crippen LogP contribution >= 0.6 is 0 Å². The van der Waals surface area contributed by atoms with Gasteiger partial charge in [-0.1, -0.05) is 44.0 Å². The lowest BCUT2D eigenvalue weighted by atomic mass is 9.77. The van der Waals surface area contributed by atoms with Gasteiger partial charge in [-0.3, -0.25) is 0 Å². The van der Waals surface area contributed by atoms with Crippen molar-refractivity contribution >= 4 is 0 Å². The zero-order valence-corrected chi connectivity index (χ0v) is 12.7. The lowest BCUT2D eigenvalue weighted by Crippen LogP contribution is -2.51. The molecule has 2 heteroatoms. The Morgan fingerprint density at radius 3 is 2.79 bits per heavy atom. The Morgan fingerprint density at radius 2 is 2.11 bits per heavy atom. The largest absolute Gasteiger partial charge is 0.324 e. The summed E-state index contributed by atoms with van der Waals surface area (Å²) in [5, 5.41) is 0. The van der Waals surface area contributed by atoms with Crippen LogP contribution in [0.15, 0.2) is 24.3 Å². The molecule has 106 valence electrons. The molecule has 1 saturated carbocycles. The second-order valence-corrected chi connectivity index (χ2v) is 6.66. The molecule has 19 heavy (non-hydrogen) atoms. The van der Waals surface area contributed by atoms with Crippen LogP contribution in [0.1, 0.15) is 43.7 Å². The van der Waals surface area contributed by atoms with Crippen LogP contribution in [0.25, 0.3) is 0 Å². The zero-order valence-electron chi connectivity index (χ0n) is 12.7. The number of rotatable bonds is 4. The van der Waals surface area contributed by atoms with E-state index in [1.54, 1.807) is 0 Å². The van der Waals surface area contributed by atoms with Gasteiger partial charge >= 0.3 is 0 Å². The van der Waals surface area contributed by atoms with Crippen molar-refractivity contribution in [2.75, 3.05) is 13.6 Å². The molecule has 0 bridgehead atoms. The standard InChI is InChI=1S/C17H28N2/c1-14-7-6-10-17(18,11-14)13-19(3)12-16-9-5-4-8-15(16)2/h4-5,8-9,14H,6-7,10-13,18H2,1-3H3. The number of hydrogen-bond donors (Lipinski definition) is 1. The van der Waals surface area contributed by atoms with E-state index < -0.39 is 0 Å². The Kier molecular flexibility index (Phi) is 4.64. The van der Waals surface area contributed by atoms with Crippen LogP contribution in [0.5, 0.6) is 0 Å². The van der Waals surface area contributed by atoms with E-state index in [4.69, 9.17) is 5.73 Å². The van der Waals surface area contributed by atoms with E-state index in [-0.39, 0.29) is 5.54 Å². The number of hydrogen-bond acceptors (Lipinski definition) is 2. The molecule has 0 amide bonds. The van der Waals surface area contributed by atoms with Gasteiger partial charge in [-0.15, -0.1) is 0 Å². The highest BCUT2D eigenvalue weighted by Gasteiger charge is 2.31. The lowest BCUT2D eigenvalue weighted by molar-refractivity contribution is 0.165. The average Bonchev–Trinajstić information content (AvgIpc) is 2.31. The van der Waals surface area contributed by atoms with Crippen molar-refractivity contribution in [1.82, 2.24) is 4.90 Å². The van der Waals surface area contributed by atoms with E-state index >= 15 is 0 Å². The van der Waals surface area contributed by atoms with E-state index in [2.05, 4.69) is 50.1 Å². The van der Waals surface area contributed by atoms with Crippen LogP contribution in [0.2, 0.25) is 0 Å². The van der Waals surface area contributed by atoms with Crippen LogP contribution in [0.4, 0.5) is 0 Å². The summed E-state index contributed by atoms with van der Waals surface area (Å²) in [5.41, 5.74) is 9.41. The van der Waals surface area contributed by atoms with Gasteiger partial charge < -0.3 is 10.6 Å². The predicted octanol–water partition coefficient (Wildman–Crippen LogP) is 3.33. The van der Waals surface area contributed by atoms with Gasteiger partial charge in [0.05, 0.1) is 0 Å². The second-order valence-electron chi connectivity index (χ2n) is 6.66. The maximum atomic E-state index is 6.60. The number of likely N-dealkylation sites (N-methyl/N-ethyl adjacent to an activating group) is 1. The molecular formula is C17H28N2. The highest BCUT2D eigenvalue weighted by molar-refractivity contribution is 5.25. The monoisotopic (exact) mass is 260 g/mol. The summed E-state index contributed by atoms with van der Waals surface area (Å²) in [5.74, 6) is 0.783. The highest BCUT2D eigenvalue weighted by Crippen LogP contribution is 2.31. The van der Waals surface area contributed by atoms with Crippen LogP contribution in [0, 0.1) is 12.8 Å². The molecule has 2 atom stereocenters. The summed E-state index contributed by atoms with van der Waals surface area (Å²) in [6.07, 6.45) is 4.98. The minimum Gasteiger partial charge on any atom is -0.324 e. The van der Waals surface area contributed by atoms with E-state index in [9.17, 15) is 0 Å². The van der Waals surface area contributed by atoms with E-state index in [0.717, 1.165) is 19.0 Å². The Labute approximate surface area is 118 Å². The van der Waals surface area contributed by atoms with Crippen molar-refractivity contribution in [1.29, 1.82) is 0 Å². The molecule has 0 aliphatic heterocycles. The van der Waals surface area contributed by atoms with E-state index in [1.165, 1.54) is 36.8 Å². The smallest absolute Gasteiger partial charge is 0.0285 e. The van der Waals surface area contributed by atoms with Gasteiger partial charge in [0.1, 0.15) is 0 Å². The molecule has 0 saturated heterocycles. The zero-order chi connectivity index (χ0) is 13.9. The van der Waals surface area contributed by atoms with Crippen molar-refractivity contribution < 1.29 is 0 Å². The average molecular weight is 260 g/mol. The van der Waals surface area contributed by atoms with E-state index in [0.29, 0.717) is 0 Å². The third-order valence-corrected chi connectivity index (χ3v) is 4.41. The number of nitrogens with two attached hydrogens (primary N) is 1. The lowest BCUT2D eigenvalue weighted by Gasteiger charge is -2.39. The molecule has 2 unspecified atom stereocenters. The summed E-state index contributed by atoms with van der Waals surface area (Å²) in [6, 6.07) is 8.63. The second kappa shape index (κ2) is 6.06. The van der Waals surface area contributed by atoms with Crippen molar-refractivity contribution in [2.45, 2.75) is 51.6 Å². The Bertz CT molecular complexity index is 415. The quantitative estimate of drug-likeness (QED) is 0.899. The molecule has 1 aliphatic rings. The Morgan fingerprint density at radius 1 is 1.37 bits per heavy atom. The summed E-state index contributed by atoms with van der Waals surface area (Å²) < 4.78 is 0. The third kappa shape index (κ3) is 4.05. The molecule has 0 aromatic heterocycles. The molecule has 0 heterocycles. The molecule has 0 spiro atoms. The van der Waals surface area contributed by atoms with Crippen LogP contribution in [0.3, 0.4) is 0 Å². The molecule has 2 N–H and O–H groups in total. The maximum absolute atomic E-state index is 6.60. The van der Waals surface area contributed by atoms with Gasteiger partial charge in [0, 0.05) is 18.6 Å². The van der Waals surface area contributed by atoms with Gasteiger partial charge in [-0.05, 0) is 43.9 Å². The fourth-order valence-corrected chi connectivity index (χ4v) is 3.52. The Hall–Kier alpha value is -0.860.